The lowest BCUT2D eigenvalue weighted by Gasteiger charge is -2.11. The molecule has 3 N–H and O–H groups in total. The Kier molecular flexibility index (Phi) is 5.17. The molecule has 0 aliphatic carbocycles. The van der Waals surface area contributed by atoms with E-state index in [-0.39, 0.29) is 5.91 Å². The highest BCUT2D eigenvalue weighted by Crippen LogP contribution is 2.28. The first-order valence-corrected chi connectivity index (χ1v) is 6.93. The van der Waals surface area contributed by atoms with Crippen molar-refractivity contribution >= 4 is 23.4 Å². The standard InChI is InChI=1S/C15H16N2O2S/c1-19-14(16)15(18)17-11-6-5-9-13(10-11)20-12-7-3-2-4-8-12/h2-10,14H,16H2,1H3,(H,17,18). The third-order valence-corrected chi connectivity index (χ3v) is 3.59. The van der Waals surface area contributed by atoms with Gasteiger partial charge in [0, 0.05) is 22.6 Å². The van der Waals surface area contributed by atoms with Gasteiger partial charge in [0.25, 0.3) is 5.91 Å². The van der Waals surface area contributed by atoms with E-state index < -0.39 is 6.23 Å². The van der Waals surface area contributed by atoms with Gasteiger partial charge in [-0.1, -0.05) is 36.0 Å². The maximum Gasteiger partial charge on any atom is 0.268 e. The maximum absolute atomic E-state index is 11.6. The third kappa shape index (κ3) is 4.09. The number of anilines is 1. The summed E-state index contributed by atoms with van der Waals surface area (Å²) in [5.41, 5.74) is 6.18. The first kappa shape index (κ1) is 14.6. The molecule has 1 amide bonds. The summed E-state index contributed by atoms with van der Waals surface area (Å²) in [7, 11) is 1.39. The molecular weight excluding hydrogens is 272 g/mol. The summed E-state index contributed by atoms with van der Waals surface area (Å²) in [6.45, 7) is 0. The van der Waals surface area contributed by atoms with E-state index in [4.69, 9.17) is 10.5 Å². The zero-order valence-corrected chi connectivity index (χ0v) is 11.9. The van der Waals surface area contributed by atoms with Crippen LogP contribution in [-0.2, 0) is 9.53 Å². The Hall–Kier alpha value is -1.82. The van der Waals surface area contributed by atoms with E-state index in [1.165, 1.54) is 7.11 Å². The highest BCUT2D eigenvalue weighted by Gasteiger charge is 2.12. The summed E-state index contributed by atoms with van der Waals surface area (Å²) in [5, 5.41) is 2.72. The van der Waals surface area contributed by atoms with Crippen LogP contribution in [0.25, 0.3) is 0 Å². The van der Waals surface area contributed by atoms with E-state index in [9.17, 15) is 4.79 Å². The zero-order chi connectivity index (χ0) is 14.4. The smallest absolute Gasteiger partial charge is 0.268 e. The molecule has 0 bridgehead atoms. The van der Waals surface area contributed by atoms with Gasteiger partial charge in [0.15, 0.2) is 6.23 Å². The normalized spacial score (nSPS) is 11.9. The van der Waals surface area contributed by atoms with E-state index in [0.717, 1.165) is 9.79 Å². The first-order chi connectivity index (χ1) is 9.69. The van der Waals surface area contributed by atoms with Crippen LogP contribution in [0.4, 0.5) is 5.69 Å². The van der Waals surface area contributed by atoms with Crippen LogP contribution in [0.5, 0.6) is 0 Å². The van der Waals surface area contributed by atoms with Crippen molar-refractivity contribution in [3.8, 4) is 0 Å². The van der Waals surface area contributed by atoms with E-state index in [1.54, 1.807) is 11.8 Å². The molecule has 5 heteroatoms. The summed E-state index contributed by atoms with van der Waals surface area (Å²) in [6.07, 6.45) is -0.958. The minimum absolute atomic E-state index is 0.366. The lowest BCUT2D eigenvalue weighted by atomic mass is 10.3. The van der Waals surface area contributed by atoms with Crippen LogP contribution in [0.15, 0.2) is 64.4 Å². The lowest BCUT2D eigenvalue weighted by Crippen LogP contribution is -2.36. The van der Waals surface area contributed by atoms with Gasteiger partial charge in [0.2, 0.25) is 0 Å². The Morgan fingerprint density at radius 1 is 1.15 bits per heavy atom. The van der Waals surface area contributed by atoms with E-state index in [1.807, 2.05) is 54.6 Å². The van der Waals surface area contributed by atoms with Crippen molar-refractivity contribution in [2.24, 2.45) is 5.73 Å². The zero-order valence-electron chi connectivity index (χ0n) is 11.1. The second kappa shape index (κ2) is 7.09. The fraction of sp³-hybridized carbons (Fsp3) is 0.133. The van der Waals surface area contributed by atoms with Gasteiger partial charge in [0.1, 0.15) is 0 Å². The van der Waals surface area contributed by atoms with Crippen LogP contribution in [0, 0.1) is 0 Å². The quantitative estimate of drug-likeness (QED) is 0.830. The maximum atomic E-state index is 11.6. The number of hydrogen-bond donors (Lipinski definition) is 2. The van der Waals surface area contributed by atoms with Gasteiger partial charge in [-0.2, -0.15) is 0 Å². The van der Waals surface area contributed by atoms with Crippen LogP contribution in [0.2, 0.25) is 0 Å². The Morgan fingerprint density at radius 3 is 2.55 bits per heavy atom. The molecule has 0 heterocycles. The minimum Gasteiger partial charge on any atom is -0.357 e. The summed E-state index contributed by atoms with van der Waals surface area (Å²) in [5.74, 6) is -0.366. The second-order valence-electron chi connectivity index (χ2n) is 4.09. The molecule has 4 nitrogen and oxygen atoms in total. The van der Waals surface area contributed by atoms with Crippen molar-refractivity contribution in [2.75, 3.05) is 12.4 Å². The fourth-order valence-corrected chi connectivity index (χ4v) is 2.48. The molecule has 2 aromatic rings. The molecular formula is C15H16N2O2S. The van der Waals surface area contributed by atoms with Gasteiger partial charge in [-0.3, -0.25) is 10.5 Å². The number of ether oxygens (including phenoxy) is 1. The molecule has 0 radical (unpaired) electrons. The number of rotatable bonds is 5. The number of carbonyl (C=O) groups is 1. The number of hydrogen-bond acceptors (Lipinski definition) is 4. The van der Waals surface area contributed by atoms with Crippen molar-refractivity contribution in [1.82, 2.24) is 0 Å². The monoisotopic (exact) mass is 288 g/mol. The molecule has 2 aromatic carbocycles. The van der Waals surface area contributed by atoms with Crippen molar-refractivity contribution in [2.45, 2.75) is 16.0 Å². The summed E-state index contributed by atoms with van der Waals surface area (Å²) < 4.78 is 4.77. The summed E-state index contributed by atoms with van der Waals surface area (Å²) in [6, 6.07) is 17.6. The molecule has 20 heavy (non-hydrogen) atoms. The van der Waals surface area contributed by atoms with Crippen molar-refractivity contribution in [1.29, 1.82) is 0 Å². The van der Waals surface area contributed by atoms with E-state index in [0.29, 0.717) is 5.69 Å². The number of carbonyl (C=O) groups excluding carboxylic acids is 1. The molecule has 0 aromatic heterocycles. The summed E-state index contributed by atoms with van der Waals surface area (Å²) >= 11 is 1.63. The fourth-order valence-electron chi connectivity index (χ4n) is 1.58. The van der Waals surface area contributed by atoms with Crippen LogP contribution in [0.1, 0.15) is 0 Å². The molecule has 104 valence electrons. The SMILES string of the molecule is COC(N)C(=O)Nc1cccc(Sc2ccccc2)c1. The van der Waals surface area contributed by atoms with Gasteiger partial charge >= 0.3 is 0 Å². The van der Waals surface area contributed by atoms with Gasteiger partial charge in [-0.05, 0) is 30.3 Å². The molecule has 0 saturated carbocycles. The molecule has 0 spiro atoms. The van der Waals surface area contributed by atoms with Gasteiger partial charge in [0.05, 0.1) is 0 Å². The molecule has 0 saturated heterocycles. The number of methoxy groups -OCH3 is 1. The van der Waals surface area contributed by atoms with E-state index >= 15 is 0 Å². The highest BCUT2D eigenvalue weighted by molar-refractivity contribution is 7.99. The van der Waals surface area contributed by atoms with Crippen LogP contribution in [0.3, 0.4) is 0 Å². The average Bonchev–Trinajstić information content (AvgIpc) is 2.47. The van der Waals surface area contributed by atoms with Gasteiger partial charge in [-0.15, -0.1) is 0 Å². The van der Waals surface area contributed by atoms with E-state index in [2.05, 4.69) is 5.32 Å². The predicted octanol–water partition coefficient (Wildman–Crippen LogP) is 2.71. The predicted molar refractivity (Wildman–Crippen MR) is 80.6 cm³/mol. The number of benzene rings is 2. The Labute approximate surface area is 122 Å². The molecule has 0 fully saturated rings. The Bertz CT molecular complexity index is 575. The highest BCUT2D eigenvalue weighted by atomic mass is 32.2. The topological polar surface area (TPSA) is 64.3 Å². The Morgan fingerprint density at radius 2 is 1.85 bits per heavy atom. The lowest BCUT2D eigenvalue weighted by molar-refractivity contribution is -0.125. The average molecular weight is 288 g/mol. The van der Waals surface area contributed by atoms with Crippen molar-refractivity contribution in [3.05, 3.63) is 54.6 Å². The molecule has 2 rings (SSSR count). The van der Waals surface area contributed by atoms with Crippen molar-refractivity contribution in [3.63, 3.8) is 0 Å². The number of nitrogens with one attached hydrogen (secondary N) is 1. The Balaban J connectivity index is 2.06. The third-order valence-electron chi connectivity index (χ3n) is 2.59. The van der Waals surface area contributed by atoms with Gasteiger partial charge in [-0.25, -0.2) is 0 Å². The van der Waals surface area contributed by atoms with Crippen LogP contribution >= 0.6 is 11.8 Å². The molecule has 1 atom stereocenters. The van der Waals surface area contributed by atoms with Crippen LogP contribution in [-0.4, -0.2) is 19.2 Å². The largest absolute Gasteiger partial charge is 0.357 e. The number of amides is 1. The molecule has 1 unspecified atom stereocenters. The molecule has 0 aliphatic heterocycles. The number of nitrogens with two attached hydrogens (primary N) is 1. The minimum atomic E-state index is -0.958. The van der Waals surface area contributed by atoms with Crippen LogP contribution < -0.4 is 11.1 Å². The first-order valence-electron chi connectivity index (χ1n) is 6.11. The van der Waals surface area contributed by atoms with Gasteiger partial charge < -0.3 is 10.1 Å². The van der Waals surface area contributed by atoms with Crippen molar-refractivity contribution < 1.29 is 9.53 Å². The summed E-state index contributed by atoms with van der Waals surface area (Å²) in [4.78, 5) is 13.8. The second-order valence-corrected chi connectivity index (χ2v) is 5.24. The molecule has 0 aliphatic rings.